The van der Waals surface area contributed by atoms with Crippen LogP contribution in [-0.2, 0) is 11.3 Å². The van der Waals surface area contributed by atoms with Gasteiger partial charge < -0.3 is 20.8 Å². The maximum Gasteiger partial charge on any atom is 0.328 e. The molecule has 9 heteroatoms. The molecule has 3 aromatic rings. The molecule has 0 bridgehead atoms. The second kappa shape index (κ2) is 7.89. The van der Waals surface area contributed by atoms with Crippen LogP contribution in [0.3, 0.4) is 0 Å². The summed E-state index contributed by atoms with van der Waals surface area (Å²) in [7, 11) is 1.48. The third-order valence-electron chi connectivity index (χ3n) is 4.19. The summed E-state index contributed by atoms with van der Waals surface area (Å²) in [6.45, 7) is 0.355. The Morgan fingerprint density at radius 1 is 1.11 bits per heavy atom. The van der Waals surface area contributed by atoms with Crippen molar-refractivity contribution in [3.8, 4) is 0 Å². The van der Waals surface area contributed by atoms with E-state index < -0.39 is 23.1 Å². The second-order valence-electron chi connectivity index (χ2n) is 6.04. The van der Waals surface area contributed by atoms with Gasteiger partial charge in [0.15, 0.2) is 0 Å². The van der Waals surface area contributed by atoms with Gasteiger partial charge in [-0.15, -0.1) is 0 Å². The van der Waals surface area contributed by atoms with Crippen molar-refractivity contribution in [3.05, 3.63) is 74.4 Å². The number of methoxy groups -OCH3 is 1. The molecule has 2 aromatic carbocycles. The van der Waals surface area contributed by atoms with Crippen LogP contribution >= 0.6 is 0 Å². The minimum absolute atomic E-state index is 0.129. The maximum absolute atomic E-state index is 12.5. The molecule has 0 saturated heterocycles. The number of nitrogens with two attached hydrogens (primary N) is 1. The van der Waals surface area contributed by atoms with Crippen LogP contribution in [0, 0.1) is 0 Å². The fourth-order valence-electron chi connectivity index (χ4n) is 2.70. The van der Waals surface area contributed by atoms with Gasteiger partial charge in [0.2, 0.25) is 5.91 Å². The molecule has 2 amide bonds. The number of benzene rings is 2. The number of aromatic nitrogens is 2. The molecule has 1 aromatic heterocycles. The first-order chi connectivity index (χ1) is 13.4. The number of nitrogens with one attached hydrogen (secondary N) is 2. The van der Waals surface area contributed by atoms with Gasteiger partial charge in [-0.1, -0.05) is 0 Å². The van der Waals surface area contributed by atoms with Gasteiger partial charge in [0.05, 0.1) is 24.1 Å². The van der Waals surface area contributed by atoms with Crippen molar-refractivity contribution in [3.63, 3.8) is 0 Å². The van der Waals surface area contributed by atoms with Crippen LogP contribution < -0.4 is 22.3 Å². The molecule has 0 fully saturated rings. The molecule has 0 aliphatic heterocycles. The predicted octanol–water partition coefficient (Wildman–Crippen LogP) is 0.687. The molecule has 4 N–H and O–H groups in total. The number of fused-ring (bicyclic) bond motifs is 1. The number of nitrogens with zero attached hydrogens (tertiary/aromatic N) is 1. The quantitative estimate of drug-likeness (QED) is 0.576. The van der Waals surface area contributed by atoms with Gasteiger partial charge in [-0.05, 0) is 42.5 Å². The van der Waals surface area contributed by atoms with Gasteiger partial charge in [-0.3, -0.25) is 19.0 Å². The predicted molar refractivity (Wildman–Crippen MR) is 104 cm³/mol. The lowest BCUT2D eigenvalue weighted by Crippen LogP contribution is -2.36. The Hall–Kier alpha value is -3.72. The zero-order valence-corrected chi connectivity index (χ0v) is 15.0. The van der Waals surface area contributed by atoms with Gasteiger partial charge in [0.1, 0.15) is 0 Å². The van der Waals surface area contributed by atoms with E-state index in [0.717, 1.165) is 4.57 Å². The Morgan fingerprint density at radius 3 is 2.43 bits per heavy atom. The average molecular weight is 382 g/mol. The summed E-state index contributed by atoms with van der Waals surface area (Å²) in [6, 6.07) is 10.5. The molecule has 0 saturated carbocycles. The van der Waals surface area contributed by atoms with Crippen LogP contribution in [0.4, 0.5) is 5.69 Å². The number of carbonyl (C=O) groups excluding carboxylic acids is 2. The van der Waals surface area contributed by atoms with E-state index in [1.807, 2.05) is 0 Å². The molecule has 3 rings (SSSR count). The molecule has 1 heterocycles. The maximum atomic E-state index is 12.5. The molecule has 0 radical (unpaired) electrons. The van der Waals surface area contributed by atoms with Crippen LogP contribution in [0.1, 0.15) is 20.7 Å². The van der Waals surface area contributed by atoms with Crippen LogP contribution in [0.25, 0.3) is 10.9 Å². The highest BCUT2D eigenvalue weighted by atomic mass is 16.5. The second-order valence-corrected chi connectivity index (χ2v) is 6.04. The van der Waals surface area contributed by atoms with Gasteiger partial charge in [-0.2, -0.15) is 0 Å². The molecular formula is C19H18N4O5. The first-order valence-corrected chi connectivity index (χ1v) is 8.37. The fraction of sp³-hybridized carbons (Fsp3) is 0.158. The Morgan fingerprint density at radius 2 is 1.79 bits per heavy atom. The summed E-state index contributed by atoms with van der Waals surface area (Å²) in [4.78, 5) is 50.8. The van der Waals surface area contributed by atoms with Crippen molar-refractivity contribution in [1.29, 1.82) is 0 Å². The average Bonchev–Trinajstić information content (AvgIpc) is 2.67. The number of anilines is 1. The molecular weight excluding hydrogens is 364 g/mol. The molecule has 0 atom stereocenters. The summed E-state index contributed by atoms with van der Waals surface area (Å²) >= 11 is 0. The number of H-pyrrole nitrogens is 1. The van der Waals surface area contributed by atoms with Crippen LogP contribution in [0.2, 0.25) is 0 Å². The van der Waals surface area contributed by atoms with Crippen molar-refractivity contribution >= 4 is 28.4 Å². The SMILES string of the molecule is COCCn1c(=O)[nH]c2cc(C(=O)Nc3ccc(C(N)=O)cc3)ccc2c1=O. The first kappa shape index (κ1) is 19.1. The number of hydrogen-bond donors (Lipinski definition) is 3. The zero-order chi connectivity index (χ0) is 20.3. The van der Waals surface area contributed by atoms with E-state index >= 15 is 0 Å². The van der Waals surface area contributed by atoms with Gasteiger partial charge in [0, 0.05) is 23.9 Å². The Bertz CT molecular complexity index is 1160. The van der Waals surface area contributed by atoms with E-state index in [1.54, 1.807) is 12.1 Å². The number of primary amides is 1. The Labute approximate surface area is 158 Å². The molecule has 0 unspecified atom stereocenters. The van der Waals surface area contributed by atoms with E-state index in [9.17, 15) is 19.2 Å². The molecule has 0 aliphatic carbocycles. The largest absolute Gasteiger partial charge is 0.383 e. The summed E-state index contributed by atoms with van der Waals surface area (Å²) < 4.78 is 5.95. The number of amides is 2. The van der Waals surface area contributed by atoms with Crippen molar-refractivity contribution in [1.82, 2.24) is 9.55 Å². The van der Waals surface area contributed by atoms with Crippen LogP contribution in [0.15, 0.2) is 52.1 Å². The summed E-state index contributed by atoms with van der Waals surface area (Å²) in [6.07, 6.45) is 0. The standard InChI is InChI=1S/C19H18N4O5/c1-28-9-8-23-18(26)14-7-4-12(10-15(14)22-19(23)27)17(25)21-13-5-2-11(3-6-13)16(20)24/h2-7,10H,8-9H2,1H3,(H2,20,24)(H,21,25)(H,22,27). The van der Waals surface area contributed by atoms with Crippen molar-refractivity contribution in [2.75, 3.05) is 19.0 Å². The summed E-state index contributed by atoms with van der Waals surface area (Å²) in [5.41, 5.74) is 5.47. The molecule has 0 spiro atoms. The minimum atomic E-state index is -0.575. The van der Waals surface area contributed by atoms with E-state index in [4.69, 9.17) is 10.5 Å². The van der Waals surface area contributed by atoms with E-state index in [0.29, 0.717) is 11.3 Å². The van der Waals surface area contributed by atoms with Crippen molar-refractivity contribution in [2.24, 2.45) is 5.73 Å². The van der Waals surface area contributed by atoms with E-state index in [1.165, 1.54) is 37.4 Å². The van der Waals surface area contributed by atoms with Gasteiger partial charge >= 0.3 is 5.69 Å². The third-order valence-corrected chi connectivity index (χ3v) is 4.19. The third kappa shape index (κ3) is 3.84. The Kier molecular flexibility index (Phi) is 5.37. The molecule has 28 heavy (non-hydrogen) atoms. The molecule has 9 nitrogen and oxygen atoms in total. The number of carbonyl (C=O) groups is 2. The van der Waals surface area contributed by atoms with Gasteiger partial charge in [0.25, 0.3) is 11.5 Å². The van der Waals surface area contributed by atoms with Gasteiger partial charge in [-0.25, -0.2) is 4.79 Å². The summed E-state index contributed by atoms with van der Waals surface area (Å²) in [5, 5.41) is 2.96. The lowest BCUT2D eigenvalue weighted by molar-refractivity contribution is 0.0998. The topological polar surface area (TPSA) is 136 Å². The van der Waals surface area contributed by atoms with Crippen molar-refractivity contribution < 1.29 is 14.3 Å². The first-order valence-electron chi connectivity index (χ1n) is 8.37. The van der Waals surface area contributed by atoms with E-state index in [-0.39, 0.29) is 29.6 Å². The lowest BCUT2D eigenvalue weighted by Gasteiger charge is -2.08. The Balaban J connectivity index is 1.89. The smallest absolute Gasteiger partial charge is 0.328 e. The highest BCUT2D eigenvalue weighted by molar-refractivity contribution is 6.06. The number of ether oxygens (including phenoxy) is 1. The summed E-state index contributed by atoms with van der Waals surface area (Å²) in [5.74, 6) is -0.995. The number of aromatic amines is 1. The highest BCUT2D eigenvalue weighted by Gasteiger charge is 2.12. The zero-order valence-electron chi connectivity index (χ0n) is 15.0. The molecule has 144 valence electrons. The highest BCUT2D eigenvalue weighted by Crippen LogP contribution is 2.14. The van der Waals surface area contributed by atoms with Crippen LogP contribution in [0.5, 0.6) is 0 Å². The lowest BCUT2D eigenvalue weighted by atomic mass is 10.1. The number of hydrogen-bond acceptors (Lipinski definition) is 5. The normalized spacial score (nSPS) is 10.8. The monoisotopic (exact) mass is 382 g/mol. The molecule has 0 aliphatic rings. The van der Waals surface area contributed by atoms with E-state index in [2.05, 4.69) is 10.3 Å². The number of rotatable bonds is 6. The van der Waals surface area contributed by atoms with Crippen LogP contribution in [-0.4, -0.2) is 35.1 Å². The fourth-order valence-corrected chi connectivity index (χ4v) is 2.70. The van der Waals surface area contributed by atoms with Crippen molar-refractivity contribution in [2.45, 2.75) is 6.54 Å². The minimum Gasteiger partial charge on any atom is -0.383 e.